The van der Waals surface area contributed by atoms with Gasteiger partial charge >= 0.3 is 0 Å². The lowest BCUT2D eigenvalue weighted by atomic mass is 9.94. The Balaban J connectivity index is 2.56. The van der Waals surface area contributed by atoms with Crippen LogP contribution in [0.5, 0.6) is 0 Å². The van der Waals surface area contributed by atoms with Crippen molar-refractivity contribution in [2.24, 2.45) is 5.92 Å². The second-order valence-electron chi connectivity index (χ2n) is 5.34. The molecule has 1 atom stereocenters. The van der Waals surface area contributed by atoms with Crippen molar-refractivity contribution in [3.63, 3.8) is 0 Å². The summed E-state index contributed by atoms with van der Waals surface area (Å²) in [6.45, 7) is 7.79. The van der Waals surface area contributed by atoms with E-state index in [1.165, 1.54) is 29.7 Å². The molecule has 0 aliphatic heterocycles. The highest BCUT2D eigenvalue weighted by Crippen LogP contribution is 2.17. The molecular weight excluding hydrogens is 238 g/mol. The molecule has 1 aromatic carbocycles. The van der Waals surface area contributed by atoms with E-state index in [1.807, 2.05) is 11.8 Å². The summed E-state index contributed by atoms with van der Waals surface area (Å²) in [6.07, 6.45) is 4.70. The molecule has 102 valence electrons. The van der Waals surface area contributed by atoms with Crippen molar-refractivity contribution in [1.29, 1.82) is 0 Å². The Morgan fingerprint density at radius 2 is 1.94 bits per heavy atom. The zero-order valence-electron chi connectivity index (χ0n) is 12.2. The zero-order valence-corrected chi connectivity index (χ0v) is 13.0. The standard InChI is InChI=1S/C16H27NS/c1-13(2)17-12-15(9-10-18-4)11-16-8-6-5-7-14(16)3/h5-8,13,15,17H,9-12H2,1-4H3. The van der Waals surface area contributed by atoms with Gasteiger partial charge in [0.25, 0.3) is 0 Å². The van der Waals surface area contributed by atoms with Crippen molar-refractivity contribution < 1.29 is 0 Å². The SMILES string of the molecule is CSCCC(CNC(C)C)Cc1ccccc1C. The molecule has 1 unspecified atom stereocenters. The first-order valence-electron chi connectivity index (χ1n) is 6.90. The molecule has 0 spiro atoms. The van der Waals surface area contributed by atoms with E-state index in [1.54, 1.807) is 0 Å². The van der Waals surface area contributed by atoms with Crippen molar-refractivity contribution >= 4 is 11.8 Å². The zero-order chi connectivity index (χ0) is 13.4. The first kappa shape index (κ1) is 15.6. The van der Waals surface area contributed by atoms with Gasteiger partial charge in [0.2, 0.25) is 0 Å². The number of benzene rings is 1. The number of aryl methyl sites for hydroxylation is 1. The van der Waals surface area contributed by atoms with Gasteiger partial charge in [-0.05, 0) is 55.4 Å². The van der Waals surface area contributed by atoms with Gasteiger partial charge in [-0.2, -0.15) is 11.8 Å². The van der Waals surface area contributed by atoms with Crippen molar-refractivity contribution in [1.82, 2.24) is 5.32 Å². The van der Waals surface area contributed by atoms with Gasteiger partial charge in [-0.3, -0.25) is 0 Å². The molecule has 1 rings (SSSR count). The summed E-state index contributed by atoms with van der Waals surface area (Å²) in [5, 5.41) is 3.58. The van der Waals surface area contributed by atoms with E-state index in [0.717, 1.165) is 12.5 Å². The maximum Gasteiger partial charge on any atom is 0.00104 e. The van der Waals surface area contributed by atoms with Crippen LogP contribution in [0.25, 0.3) is 0 Å². The molecule has 0 heterocycles. The van der Waals surface area contributed by atoms with Crippen LogP contribution >= 0.6 is 11.8 Å². The molecule has 2 heteroatoms. The third-order valence-corrected chi connectivity index (χ3v) is 3.96. The van der Waals surface area contributed by atoms with Gasteiger partial charge in [0.1, 0.15) is 0 Å². The molecule has 0 aliphatic carbocycles. The van der Waals surface area contributed by atoms with Crippen LogP contribution in [0.3, 0.4) is 0 Å². The molecule has 1 N–H and O–H groups in total. The molecule has 0 amide bonds. The summed E-state index contributed by atoms with van der Waals surface area (Å²) < 4.78 is 0. The highest BCUT2D eigenvalue weighted by Gasteiger charge is 2.11. The number of hydrogen-bond acceptors (Lipinski definition) is 2. The molecule has 0 saturated carbocycles. The Bertz CT molecular complexity index is 336. The number of nitrogens with one attached hydrogen (secondary N) is 1. The van der Waals surface area contributed by atoms with Crippen LogP contribution in [0.15, 0.2) is 24.3 Å². The number of thioether (sulfide) groups is 1. The molecule has 18 heavy (non-hydrogen) atoms. The van der Waals surface area contributed by atoms with E-state index in [2.05, 4.69) is 56.6 Å². The Kier molecular flexibility index (Phi) is 7.45. The highest BCUT2D eigenvalue weighted by atomic mass is 32.2. The van der Waals surface area contributed by atoms with Gasteiger partial charge in [-0.15, -0.1) is 0 Å². The summed E-state index contributed by atoms with van der Waals surface area (Å²) in [5.74, 6) is 2.01. The normalized spacial score (nSPS) is 12.9. The van der Waals surface area contributed by atoms with Crippen LogP contribution in [0.4, 0.5) is 0 Å². The van der Waals surface area contributed by atoms with E-state index in [9.17, 15) is 0 Å². The van der Waals surface area contributed by atoms with Crippen LogP contribution < -0.4 is 5.32 Å². The fourth-order valence-electron chi connectivity index (χ4n) is 2.11. The van der Waals surface area contributed by atoms with Gasteiger partial charge < -0.3 is 5.32 Å². The predicted octanol–water partition coefficient (Wildman–Crippen LogP) is 3.90. The third kappa shape index (κ3) is 5.92. The van der Waals surface area contributed by atoms with Gasteiger partial charge in [-0.25, -0.2) is 0 Å². The van der Waals surface area contributed by atoms with Gasteiger partial charge in [-0.1, -0.05) is 38.1 Å². The fraction of sp³-hybridized carbons (Fsp3) is 0.625. The summed E-state index contributed by atoms with van der Waals surface area (Å²) in [6, 6.07) is 9.36. The van der Waals surface area contributed by atoms with Crippen LogP contribution in [-0.2, 0) is 6.42 Å². The first-order chi connectivity index (χ1) is 8.63. The Morgan fingerprint density at radius 3 is 2.56 bits per heavy atom. The Labute approximate surface area is 117 Å². The fourth-order valence-corrected chi connectivity index (χ4v) is 2.68. The van der Waals surface area contributed by atoms with Gasteiger partial charge in [0.15, 0.2) is 0 Å². The van der Waals surface area contributed by atoms with Crippen molar-refractivity contribution in [3.8, 4) is 0 Å². The summed E-state index contributed by atoms with van der Waals surface area (Å²) in [5.41, 5.74) is 2.94. The van der Waals surface area contributed by atoms with Gasteiger partial charge in [0, 0.05) is 6.04 Å². The van der Waals surface area contributed by atoms with Crippen molar-refractivity contribution in [2.45, 2.75) is 39.7 Å². The summed E-state index contributed by atoms with van der Waals surface area (Å²) in [7, 11) is 0. The molecule has 1 nitrogen and oxygen atoms in total. The molecular formula is C16H27NS. The van der Waals surface area contributed by atoms with E-state index in [0.29, 0.717) is 6.04 Å². The summed E-state index contributed by atoms with van der Waals surface area (Å²) in [4.78, 5) is 0. The van der Waals surface area contributed by atoms with Crippen molar-refractivity contribution in [2.75, 3.05) is 18.6 Å². The lowest BCUT2D eigenvalue weighted by molar-refractivity contribution is 0.438. The third-order valence-electron chi connectivity index (χ3n) is 3.31. The van der Waals surface area contributed by atoms with E-state index >= 15 is 0 Å². The summed E-state index contributed by atoms with van der Waals surface area (Å²) >= 11 is 1.95. The molecule has 0 aliphatic rings. The van der Waals surface area contributed by atoms with Gasteiger partial charge in [0.05, 0.1) is 0 Å². The van der Waals surface area contributed by atoms with Crippen LogP contribution in [0.2, 0.25) is 0 Å². The average Bonchev–Trinajstić information content (AvgIpc) is 2.35. The van der Waals surface area contributed by atoms with Crippen LogP contribution in [0, 0.1) is 12.8 Å². The molecule has 1 aromatic rings. The molecule has 0 saturated heterocycles. The molecule has 0 bridgehead atoms. The second kappa shape index (κ2) is 8.60. The minimum absolute atomic E-state index is 0.582. The maximum atomic E-state index is 3.58. The van der Waals surface area contributed by atoms with Crippen molar-refractivity contribution in [3.05, 3.63) is 35.4 Å². The van der Waals surface area contributed by atoms with E-state index < -0.39 is 0 Å². The average molecular weight is 265 g/mol. The minimum Gasteiger partial charge on any atom is -0.314 e. The number of hydrogen-bond donors (Lipinski definition) is 1. The maximum absolute atomic E-state index is 3.58. The Morgan fingerprint density at radius 1 is 1.22 bits per heavy atom. The largest absolute Gasteiger partial charge is 0.314 e. The monoisotopic (exact) mass is 265 g/mol. The smallest absolute Gasteiger partial charge is 0.00104 e. The Hall–Kier alpha value is -0.470. The first-order valence-corrected chi connectivity index (χ1v) is 8.29. The minimum atomic E-state index is 0.582. The quantitative estimate of drug-likeness (QED) is 0.765. The lowest BCUT2D eigenvalue weighted by Gasteiger charge is -2.20. The predicted molar refractivity (Wildman–Crippen MR) is 84.5 cm³/mol. The van der Waals surface area contributed by atoms with E-state index in [-0.39, 0.29) is 0 Å². The number of rotatable bonds is 8. The molecule has 0 fully saturated rings. The highest BCUT2D eigenvalue weighted by molar-refractivity contribution is 7.98. The second-order valence-corrected chi connectivity index (χ2v) is 6.33. The lowest BCUT2D eigenvalue weighted by Crippen LogP contribution is -2.30. The van der Waals surface area contributed by atoms with E-state index in [4.69, 9.17) is 0 Å². The van der Waals surface area contributed by atoms with Crippen LogP contribution in [-0.4, -0.2) is 24.6 Å². The van der Waals surface area contributed by atoms with Crippen LogP contribution in [0.1, 0.15) is 31.4 Å². The topological polar surface area (TPSA) is 12.0 Å². The molecule has 0 radical (unpaired) electrons. The molecule has 0 aromatic heterocycles.